The van der Waals surface area contributed by atoms with Crippen molar-refractivity contribution in [3.63, 3.8) is 0 Å². The van der Waals surface area contributed by atoms with Gasteiger partial charge in [0.25, 0.3) is 0 Å². The second-order valence-corrected chi connectivity index (χ2v) is 5.81. The minimum atomic E-state index is -0.458. The van der Waals surface area contributed by atoms with Crippen LogP contribution in [0.2, 0.25) is 0 Å². The van der Waals surface area contributed by atoms with E-state index in [-0.39, 0.29) is 18.4 Å². The highest BCUT2D eigenvalue weighted by molar-refractivity contribution is 5.97. The number of amides is 2. The highest BCUT2D eigenvalue weighted by atomic mass is 16.2. The van der Waals surface area contributed by atoms with E-state index in [1.54, 1.807) is 13.1 Å². The number of benzene rings is 1. The van der Waals surface area contributed by atoms with Crippen molar-refractivity contribution in [3.05, 3.63) is 23.8 Å². The maximum absolute atomic E-state index is 11.9. The number of aryl methyl sites for hydroxylation is 1. The maximum Gasteiger partial charge on any atom is 0.238 e. The van der Waals surface area contributed by atoms with Crippen LogP contribution >= 0.6 is 0 Å². The number of hydrogen-bond acceptors (Lipinski definition) is 3. The summed E-state index contributed by atoms with van der Waals surface area (Å²) in [5, 5.41) is 8.45. The second-order valence-electron chi connectivity index (χ2n) is 5.81. The fraction of sp³-hybridized carbons (Fsp3) is 0.467. The first kappa shape index (κ1) is 16.2. The quantitative estimate of drug-likeness (QED) is 0.789. The van der Waals surface area contributed by atoms with Gasteiger partial charge in [-0.1, -0.05) is 26.8 Å². The average Bonchev–Trinajstić information content (AvgIpc) is 2.32. The molecule has 0 fully saturated rings. The van der Waals surface area contributed by atoms with E-state index in [4.69, 9.17) is 0 Å². The van der Waals surface area contributed by atoms with Crippen LogP contribution in [0.25, 0.3) is 0 Å². The Morgan fingerprint density at radius 2 is 1.80 bits per heavy atom. The van der Waals surface area contributed by atoms with E-state index in [1.165, 1.54) is 0 Å². The molecule has 3 N–H and O–H groups in total. The largest absolute Gasteiger partial charge is 0.326 e. The van der Waals surface area contributed by atoms with Gasteiger partial charge in [0.2, 0.25) is 11.8 Å². The molecule has 2 amide bonds. The number of hydrogen-bond donors (Lipinski definition) is 3. The molecule has 0 radical (unpaired) electrons. The monoisotopic (exact) mass is 277 g/mol. The Bertz CT molecular complexity index is 504. The minimum absolute atomic E-state index is 0.0612. The molecule has 1 aromatic carbocycles. The highest BCUT2D eigenvalue weighted by Crippen LogP contribution is 2.22. The summed E-state index contributed by atoms with van der Waals surface area (Å²) in [5.41, 5.74) is 1.87. The summed E-state index contributed by atoms with van der Waals surface area (Å²) < 4.78 is 0. The molecule has 0 aliphatic heterocycles. The van der Waals surface area contributed by atoms with Gasteiger partial charge in [0.05, 0.1) is 6.54 Å². The van der Waals surface area contributed by atoms with Crippen molar-refractivity contribution in [3.8, 4) is 0 Å². The number of carbonyl (C=O) groups is 2. The number of anilines is 2. The Kier molecular flexibility index (Phi) is 5.27. The van der Waals surface area contributed by atoms with Crippen molar-refractivity contribution in [2.75, 3.05) is 24.2 Å². The van der Waals surface area contributed by atoms with Crippen LogP contribution < -0.4 is 16.0 Å². The number of rotatable bonds is 4. The molecule has 110 valence electrons. The third-order valence-corrected chi connectivity index (χ3v) is 2.79. The first-order valence-corrected chi connectivity index (χ1v) is 6.60. The molecule has 20 heavy (non-hydrogen) atoms. The number of nitrogens with one attached hydrogen (secondary N) is 3. The first-order chi connectivity index (χ1) is 9.24. The lowest BCUT2D eigenvalue weighted by molar-refractivity contribution is -0.123. The smallest absolute Gasteiger partial charge is 0.238 e. The van der Waals surface area contributed by atoms with E-state index in [2.05, 4.69) is 16.0 Å². The zero-order chi connectivity index (χ0) is 15.3. The van der Waals surface area contributed by atoms with Crippen LogP contribution in [0.3, 0.4) is 0 Å². The highest BCUT2D eigenvalue weighted by Gasteiger charge is 2.21. The fourth-order valence-electron chi connectivity index (χ4n) is 1.51. The van der Waals surface area contributed by atoms with Crippen LogP contribution in [-0.2, 0) is 9.59 Å². The summed E-state index contributed by atoms with van der Waals surface area (Å²) in [6.45, 7) is 7.72. The summed E-state index contributed by atoms with van der Waals surface area (Å²) in [6.07, 6.45) is 0. The van der Waals surface area contributed by atoms with E-state index in [9.17, 15) is 9.59 Å². The van der Waals surface area contributed by atoms with Crippen molar-refractivity contribution in [1.82, 2.24) is 5.32 Å². The molecule has 0 bridgehead atoms. The fourth-order valence-corrected chi connectivity index (χ4v) is 1.51. The molecule has 0 spiro atoms. The van der Waals surface area contributed by atoms with Crippen molar-refractivity contribution in [1.29, 1.82) is 0 Å². The van der Waals surface area contributed by atoms with Gasteiger partial charge in [-0.15, -0.1) is 0 Å². The lowest BCUT2D eigenvalue weighted by Gasteiger charge is -2.18. The zero-order valence-corrected chi connectivity index (χ0v) is 12.8. The van der Waals surface area contributed by atoms with Gasteiger partial charge >= 0.3 is 0 Å². The first-order valence-electron chi connectivity index (χ1n) is 6.60. The van der Waals surface area contributed by atoms with Gasteiger partial charge in [0, 0.05) is 16.8 Å². The van der Waals surface area contributed by atoms with E-state index >= 15 is 0 Å². The summed E-state index contributed by atoms with van der Waals surface area (Å²) in [5.74, 6) is -0.177. The zero-order valence-electron chi connectivity index (χ0n) is 12.8. The van der Waals surface area contributed by atoms with Gasteiger partial charge in [-0.05, 0) is 31.7 Å². The topological polar surface area (TPSA) is 70.2 Å². The van der Waals surface area contributed by atoms with Crippen LogP contribution in [-0.4, -0.2) is 25.4 Å². The molecule has 1 aromatic rings. The van der Waals surface area contributed by atoms with Crippen LogP contribution in [0.5, 0.6) is 0 Å². The molecule has 0 saturated carbocycles. The predicted octanol–water partition coefficient (Wildman–Crippen LogP) is 2.14. The van der Waals surface area contributed by atoms with Crippen LogP contribution in [0.4, 0.5) is 11.4 Å². The number of carbonyl (C=O) groups excluding carboxylic acids is 2. The lowest BCUT2D eigenvalue weighted by Crippen LogP contribution is -2.28. The molecule has 5 heteroatoms. The Balaban J connectivity index is 2.86. The average molecular weight is 277 g/mol. The molecular formula is C15H23N3O2. The minimum Gasteiger partial charge on any atom is -0.326 e. The van der Waals surface area contributed by atoms with Crippen LogP contribution in [0, 0.1) is 12.3 Å². The summed E-state index contributed by atoms with van der Waals surface area (Å²) in [4.78, 5) is 23.5. The van der Waals surface area contributed by atoms with Crippen molar-refractivity contribution >= 4 is 23.2 Å². The molecule has 0 aliphatic carbocycles. The second kappa shape index (κ2) is 6.52. The lowest BCUT2D eigenvalue weighted by atomic mass is 9.95. The van der Waals surface area contributed by atoms with Crippen LogP contribution in [0.15, 0.2) is 18.2 Å². The molecule has 5 nitrogen and oxygen atoms in total. The van der Waals surface area contributed by atoms with E-state index in [1.807, 2.05) is 39.8 Å². The third-order valence-electron chi connectivity index (χ3n) is 2.79. The van der Waals surface area contributed by atoms with E-state index in [0.29, 0.717) is 11.4 Å². The van der Waals surface area contributed by atoms with E-state index < -0.39 is 5.41 Å². The van der Waals surface area contributed by atoms with E-state index in [0.717, 1.165) is 5.56 Å². The molecule has 0 unspecified atom stereocenters. The van der Waals surface area contributed by atoms with Gasteiger partial charge in [0.1, 0.15) is 0 Å². The van der Waals surface area contributed by atoms with Gasteiger partial charge in [-0.3, -0.25) is 9.59 Å². The maximum atomic E-state index is 11.9. The molecule has 0 heterocycles. The molecule has 0 aliphatic rings. The van der Waals surface area contributed by atoms with Crippen molar-refractivity contribution in [2.24, 2.45) is 5.41 Å². The predicted molar refractivity (Wildman–Crippen MR) is 81.8 cm³/mol. The molecule has 0 saturated heterocycles. The van der Waals surface area contributed by atoms with Gasteiger partial charge < -0.3 is 16.0 Å². The van der Waals surface area contributed by atoms with Gasteiger partial charge in [-0.2, -0.15) is 0 Å². The van der Waals surface area contributed by atoms with Gasteiger partial charge in [-0.25, -0.2) is 0 Å². The summed E-state index contributed by atoms with van der Waals surface area (Å²) >= 11 is 0. The summed E-state index contributed by atoms with van der Waals surface area (Å²) in [6, 6.07) is 5.46. The Hall–Kier alpha value is -1.88. The van der Waals surface area contributed by atoms with Crippen molar-refractivity contribution < 1.29 is 9.59 Å². The molecule has 0 aromatic heterocycles. The Morgan fingerprint density at radius 3 is 2.35 bits per heavy atom. The van der Waals surface area contributed by atoms with Gasteiger partial charge in [0.15, 0.2) is 0 Å². The summed E-state index contributed by atoms with van der Waals surface area (Å²) in [7, 11) is 1.71. The number of likely N-dealkylation sites (N-methyl/N-ethyl adjacent to an activating group) is 1. The Morgan fingerprint density at radius 1 is 1.15 bits per heavy atom. The standard InChI is InChI=1S/C15H23N3O2/c1-10-6-7-11(17-14(20)15(2,3)4)8-12(10)18-13(19)9-16-5/h6-8,16H,9H2,1-5H3,(H,17,20)(H,18,19). The molecule has 1 rings (SSSR count). The molecule has 0 atom stereocenters. The van der Waals surface area contributed by atoms with Crippen molar-refractivity contribution in [2.45, 2.75) is 27.7 Å². The Labute approximate surface area is 120 Å². The third kappa shape index (κ3) is 4.66. The SMILES string of the molecule is CNCC(=O)Nc1cc(NC(=O)C(C)(C)C)ccc1C. The normalized spacial score (nSPS) is 11.1. The molecular weight excluding hydrogens is 254 g/mol. The van der Waals surface area contributed by atoms with Crippen LogP contribution in [0.1, 0.15) is 26.3 Å².